The zero-order chi connectivity index (χ0) is 15.2. The SMILES string of the molecule is Fc1ccc(OCc2ccc(Cl)cc2F)c(C#CCCl)c1. The third-order valence-corrected chi connectivity index (χ3v) is 3.00. The van der Waals surface area contributed by atoms with Crippen molar-refractivity contribution >= 4 is 23.2 Å². The van der Waals surface area contributed by atoms with Crippen molar-refractivity contribution in [3.63, 3.8) is 0 Å². The highest BCUT2D eigenvalue weighted by Crippen LogP contribution is 2.21. The molecular formula is C16H10Cl2F2O. The van der Waals surface area contributed by atoms with E-state index in [0.29, 0.717) is 21.9 Å². The molecule has 0 spiro atoms. The summed E-state index contributed by atoms with van der Waals surface area (Å²) in [7, 11) is 0. The second-order valence-electron chi connectivity index (χ2n) is 4.10. The van der Waals surface area contributed by atoms with E-state index in [9.17, 15) is 8.78 Å². The van der Waals surface area contributed by atoms with E-state index in [4.69, 9.17) is 27.9 Å². The Morgan fingerprint density at radius 3 is 2.62 bits per heavy atom. The van der Waals surface area contributed by atoms with Crippen molar-refractivity contribution in [3.8, 4) is 17.6 Å². The number of hydrogen-bond donors (Lipinski definition) is 0. The van der Waals surface area contributed by atoms with Crippen molar-refractivity contribution in [2.75, 3.05) is 5.88 Å². The quantitative estimate of drug-likeness (QED) is 0.582. The van der Waals surface area contributed by atoms with E-state index >= 15 is 0 Å². The summed E-state index contributed by atoms with van der Waals surface area (Å²) in [6.07, 6.45) is 0. The standard InChI is InChI=1S/C16H10Cl2F2O/c17-7-1-2-11-8-14(19)5-6-16(11)21-10-12-3-4-13(18)9-15(12)20/h3-6,8-9H,7,10H2. The minimum atomic E-state index is -0.460. The second-order valence-corrected chi connectivity index (χ2v) is 4.80. The van der Waals surface area contributed by atoms with Crippen LogP contribution in [-0.2, 0) is 6.61 Å². The minimum Gasteiger partial charge on any atom is -0.487 e. The number of halogens is 4. The Labute approximate surface area is 131 Å². The van der Waals surface area contributed by atoms with Crippen LogP contribution in [0.4, 0.5) is 8.78 Å². The molecule has 0 saturated carbocycles. The summed E-state index contributed by atoms with van der Waals surface area (Å²) < 4.78 is 32.4. The van der Waals surface area contributed by atoms with Crippen LogP contribution in [0.25, 0.3) is 0 Å². The summed E-state index contributed by atoms with van der Waals surface area (Å²) in [5.41, 5.74) is 0.713. The molecule has 0 radical (unpaired) electrons. The predicted octanol–water partition coefficient (Wildman–Crippen LogP) is 4.79. The monoisotopic (exact) mass is 326 g/mol. The molecule has 2 aromatic rings. The van der Waals surface area contributed by atoms with Gasteiger partial charge in [-0.15, -0.1) is 11.6 Å². The van der Waals surface area contributed by atoms with Crippen LogP contribution < -0.4 is 4.74 Å². The lowest BCUT2D eigenvalue weighted by Crippen LogP contribution is -2.00. The molecule has 0 aliphatic heterocycles. The average molecular weight is 327 g/mol. The molecule has 0 amide bonds. The van der Waals surface area contributed by atoms with Crippen molar-refractivity contribution in [2.24, 2.45) is 0 Å². The summed E-state index contributed by atoms with van der Waals surface area (Å²) in [6.45, 7) is -0.00973. The molecule has 0 heterocycles. The van der Waals surface area contributed by atoms with Gasteiger partial charge >= 0.3 is 0 Å². The lowest BCUT2D eigenvalue weighted by Gasteiger charge is -2.09. The molecule has 108 valence electrons. The topological polar surface area (TPSA) is 9.23 Å². The Bertz CT molecular complexity index is 705. The molecule has 2 rings (SSSR count). The first kappa shape index (κ1) is 15.6. The van der Waals surface area contributed by atoms with Crippen LogP contribution >= 0.6 is 23.2 Å². The molecule has 0 saturated heterocycles. The largest absolute Gasteiger partial charge is 0.487 e. The van der Waals surface area contributed by atoms with Gasteiger partial charge in [0.1, 0.15) is 24.0 Å². The molecule has 0 aromatic heterocycles. The van der Waals surface area contributed by atoms with Crippen molar-refractivity contribution in [3.05, 3.63) is 64.2 Å². The Hall–Kier alpha value is -1.76. The second kappa shape index (κ2) is 7.31. The van der Waals surface area contributed by atoms with Crippen LogP contribution in [0.5, 0.6) is 5.75 Å². The first-order valence-electron chi connectivity index (χ1n) is 6.01. The van der Waals surface area contributed by atoms with Crippen molar-refractivity contribution in [1.29, 1.82) is 0 Å². The van der Waals surface area contributed by atoms with Crippen LogP contribution in [0, 0.1) is 23.5 Å². The first-order valence-corrected chi connectivity index (χ1v) is 6.92. The maximum atomic E-state index is 13.7. The highest BCUT2D eigenvalue weighted by Gasteiger charge is 2.07. The average Bonchev–Trinajstić information content (AvgIpc) is 2.45. The van der Waals surface area contributed by atoms with E-state index < -0.39 is 11.6 Å². The van der Waals surface area contributed by atoms with Gasteiger partial charge in [-0.3, -0.25) is 0 Å². The van der Waals surface area contributed by atoms with E-state index in [2.05, 4.69) is 11.8 Å². The Morgan fingerprint density at radius 1 is 1.10 bits per heavy atom. The van der Waals surface area contributed by atoms with E-state index in [1.807, 2.05) is 0 Å². The lowest BCUT2D eigenvalue weighted by molar-refractivity contribution is 0.298. The van der Waals surface area contributed by atoms with E-state index in [-0.39, 0.29) is 12.5 Å². The molecule has 5 heteroatoms. The smallest absolute Gasteiger partial charge is 0.135 e. The summed E-state index contributed by atoms with van der Waals surface area (Å²) in [6, 6.07) is 8.25. The predicted molar refractivity (Wildman–Crippen MR) is 79.7 cm³/mol. The zero-order valence-corrected chi connectivity index (χ0v) is 12.3. The van der Waals surface area contributed by atoms with Gasteiger partial charge in [-0.05, 0) is 30.3 Å². The Morgan fingerprint density at radius 2 is 1.90 bits per heavy atom. The molecule has 0 aliphatic carbocycles. The van der Waals surface area contributed by atoms with Gasteiger partial charge in [0, 0.05) is 10.6 Å². The van der Waals surface area contributed by atoms with Gasteiger partial charge in [0.05, 0.1) is 11.4 Å². The highest BCUT2D eigenvalue weighted by atomic mass is 35.5. The Kier molecular flexibility index (Phi) is 5.44. The fourth-order valence-corrected chi connectivity index (χ4v) is 1.87. The zero-order valence-electron chi connectivity index (χ0n) is 10.8. The van der Waals surface area contributed by atoms with Gasteiger partial charge in [-0.25, -0.2) is 8.78 Å². The van der Waals surface area contributed by atoms with E-state index in [1.165, 1.54) is 30.3 Å². The van der Waals surface area contributed by atoms with Crippen LogP contribution in [0.2, 0.25) is 5.02 Å². The summed E-state index contributed by atoms with van der Waals surface area (Å²) in [4.78, 5) is 0. The summed E-state index contributed by atoms with van der Waals surface area (Å²) in [5.74, 6) is 4.93. The molecule has 1 nitrogen and oxygen atoms in total. The number of ether oxygens (including phenoxy) is 1. The molecule has 0 unspecified atom stereocenters. The fourth-order valence-electron chi connectivity index (χ4n) is 1.65. The van der Waals surface area contributed by atoms with E-state index in [1.54, 1.807) is 6.07 Å². The van der Waals surface area contributed by atoms with Crippen molar-refractivity contribution in [1.82, 2.24) is 0 Å². The number of alkyl halides is 1. The van der Waals surface area contributed by atoms with Crippen LogP contribution in [-0.4, -0.2) is 5.88 Å². The highest BCUT2D eigenvalue weighted by molar-refractivity contribution is 6.30. The maximum absolute atomic E-state index is 13.7. The van der Waals surface area contributed by atoms with Crippen LogP contribution in [0.1, 0.15) is 11.1 Å². The first-order chi connectivity index (χ1) is 10.1. The molecule has 0 bridgehead atoms. The number of hydrogen-bond acceptors (Lipinski definition) is 1. The molecule has 2 aromatic carbocycles. The molecule has 0 N–H and O–H groups in total. The summed E-state index contributed by atoms with van der Waals surface area (Å²) in [5, 5.41) is 0.312. The maximum Gasteiger partial charge on any atom is 0.135 e. The number of rotatable bonds is 3. The minimum absolute atomic E-state index is 0.00973. The van der Waals surface area contributed by atoms with Crippen LogP contribution in [0.3, 0.4) is 0 Å². The summed E-state index contributed by atoms with van der Waals surface area (Å²) >= 11 is 11.2. The lowest BCUT2D eigenvalue weighted by atomic mass is 10.2. The molecule has 21 heavy (non-hydrogen) atoms. The van der Waals surface area contributed by atoms with E-state index in [0.717, 1.165) is 0 Å². The van der Waals surface area contributed by atoms with Gasteiger partial charge in [0.15, 0.2) is 0 Å². The molecule has 0 aliphatic rings. The van der Waals surface area contributed by atoms with Crippen LogP contribution in [0.15, 0.2) is 36.4 Å². The normalized spacial score (nSPS) is 9.90. The number of benzene rings is 2. The van der Waals surface area contributed by atoms with Gasteiger partial charge in [-0.1, -0.05) is 29.5 Å². The van der Waals surface area contributed by atoms with Gasteiger partial charge in [-0.2, -0.15) is 0 Å². The van der Waals surface area contributed by atoms with Gasteiger partial charge < -0.3 is 4.74 Å². The third-order valence-electron chi connectivity index (χ3n) is 2.63. The molecule has 0 fully saturated rings. The molecular weight excluding hydrogens is 317 g/mol. The van der Waals surface area contributed by atoms with Crippen molar-refractivity contribution in [2.45, 2.75) is 6.61 Å². The van der Waals surface area contributed by atoms with Gasteiger partial charge in [0.2, 0.25) is 0 Å². The van der Waals surface area contributed by atoms with Gasteiger partial charge in [0.25, 0.3) is 0 Å². The van der Waals surface area contributed by atoms with Crippen molar-refractivity contribution < 1.29 is 13.5 Å². The Balaban J connectivity index is 2.19. The molecule has 0 atom stereocenters. The fraction of sp³-hybridized carbons (Fsp3) is 0.125. The third kappa shape index (κ3) is 4.35.